The van der Waals surface area contributed by atoms with E-state index in [-0.39, 0.29) is 28.7 Å². The van der Waals surface area contributed by atoms with Crippen LogP contribution in [-0.2, 0) is 43.0 Å². The maximum absolute atomic E-state index is 13.0. The summed E-state index contributed by atoms with van der Waals surface area (Å²) in [4.78, 5) is 37.8. The minimum atomic E-state index is -0.943. The molecule has 2 aromatic rings. The van der Waals surface area contributed by atoms with Gasteiger partial charge in [0.2, 0.25) is 0 Å². The predicted octanol–water partition coefficient (Wildman–Crippen LogP) is 5.40. The SMILES string of the molecule is COC1CCC2(CC1)Cc1ccc(Br)cc1C21NC(=O)NC1=O.COC1CCC2(CC1)Cc1ccc(Br)cc1C21NC(=S)NC1=O. The number of carbonyl (C=O) groups is 3. The van der Waals surface area contributed by atoms with Crippen molar-refractivity contribution in [3.63, 3.8) is 0 Å². The van der Waals surface area contributed by atoms with Gasteiger partial charge in [-0.3, -0.25) is 14.9 Å². The number of halogens is 2. The molecule has 4 amide bonds. The van der Waals surface area contributed by atoms with Gasteiger partial charge in [0.05, 0.1) is 12.2 Å². The molecule has 0 radical (unpaired) electrons. The Morgan fingerprint density at radius 1 is 0.696 bits per heavy atom. The van der Waals surface area contributed by atoms with Gasteiger partial charge in [0.25, 0.3) is 11.8 Å². The molecule has 4 N–H and O–H groups in total. The topological polar surface area (TPSA) is 118 Å². The van der Waals surface area contributed by atoms with Gasteiger partial charge in [-0.25, -0.2) is 4.79 Å². The van der Waals surface area contributed by atoms with Crippen molar-refractivity contribution in [3.8, 4) is 0 Å². The number of thiocarbonyl (C=S) groups is 1. The number of benzene rings is 2. The maximum atomic E-state index is 13.0. The standard InChI is InChI=1S/C17H19BrN2O3.C17H19BrN2O2S/c1-23-12-4-6-16(7-5-12)9-10-2-3-11(18)8-13(10)17(16)14(21)19-15(22)20-17;1-22-12-4-6-16(7-5-12)9-10-2-3-11(18)8-13(10)17(16)14(21)19-15(23)20-17/h2-3,8,12H,4-7,9H2,1H3,(H2,19,20,21,22);2-3,8,12H,4-7,9H2,1H3,(H2,19,20,21,23). The van der Waals surface area contributed by atoms with E-state index in [2.05, 4.69) is 77.4 Å². The molecule has 6 aliphatic rings. The first-order valence-electron chi connectivity index (χ1n) is 15.9. The largest absolute Gasteiger partial charge is 0.381 e. The summed E-state index contributed by atoms with van der Waals surface area (Å²) in [5.74, 6) is -0.217. The lowest BCUT2D eigenvalue weighted by Gasteiger charge is -2.46. The Hall–Kier alpha value is -2.38. The van der Waals surface area contributed by atoms with Crippen molar-refractivity contribution >= 4 is 67.0 Å². The van der Waals surface area contributed by atoms with E-state index in [0.717, 1.165) is 89.8 Å². The highest BCUT2D eigenvalue weighted by Gasteiger charge is 2.67. The van der Waals surface area contributed by atoms with Gasteiger partial charge < -0.3 is 25.4 Å². The summed E-state index contributed by atoms with van der Waals surface area (Å²) in [5, 5.41) is 12.1. The van der Waals surface area contributed by atoms with E-state index in [1.165, 1.54) is 5.56 Å². The summed E-state index contributed by atoms with van der Waals surface area (Å²) in [6.07, 6.45) is 9.71. The minimum Gasteiger partial charge on any atom is -0.381 e. The fourth-order valence-electron chi connectivity index (χ4n) is 9.57. The highest BCUT2D eigenvalue weighted by molar-refractivity contribution is 9.10. The molecular weight excluding hydrogens is 736 g/mol. The molecule has 46 heavy (non-hydrogen) atoms. The van der Waals surface area contributed by atoms with E-state index < -0.39 is 17.1 Å². The Labute approximate surface area is 290 Å². The normalized spacial score (nSPS) is 35.5. The number of carbonyl (C=O) groups excluding carboxylic acids is 3. The molecule has 0 aromatic heterocycles. The summed E-state index contributed by atoms with van der Waals surface area (Å²) in [6, 6.07) is 11.9. The average molecular weight is 775 g/mol. The number of fused-ring (bicyclic) bond motifs is 6. The predicted molar refractivity (Wildman–Crippen MR) is 183 cm³/mol. The second-order valence-electron chi connectivity index (χ2n) is 13.7. The van der Waals surface area contributed by atoms with Crippen molar-refractivity contribution < 1.29 is 23.9 Å². The van der Waals surface area contributed by atoms with Gasteiger partial charge in [-0.05, 0) is 123 Å². The van der Waals surface area contributed by atoms with Crippen molar-refractivity contribution in [2.75, 3.05) is 14.2 Å². The number of hydrogen-bond acceptors (Lipinski definition) is 6. The number of rotatable bonds is 2. The summed E-state index contributed by atoms with van der Waals surface area (Å²) in [7, 11) is 3.51. The molecule has 2 aliphatic heterocycles. The molecule has 2 unspecified atom stereocenters. The van der Waals surface area contributed by atoms with Crippen LogP contribution in [0.5, 0.6) is 0 Å². The van der Waals surface area contributed by atoms with Crippen LogP contribution in [0.2, 0.25) is 0 Å². The Balaban J connectivity index is 0.000000147. The third kappa shape index (κ3) is 4.64. The van der Waals surface area contributed by atoms with Crippen molar-refractivity contribution in [1.82, 2.24) is 21.3 Å². The Kier molecular flexibility index (Phi) is 8.15. The number of urea groups is 1. The molecule has 2 saturated heterocycles. The summed E-state index contributed by atoms with van der Waals surface area (Å²) in [6.45, 7) is 0. The van der Waals surface area contributed by atoms with Crippen LogP contribution in [0, 0.1) is 10.8 Å². The molecule has 4 spiro atoms. The minimum absolute atomic E-state index is 0.00443. The quantitative estimate of drug-likeness (QED) is 0.239. The number of hydrogen-bond donors (Lipinski definition) is 4. The van der Waals surface area contributed by atoms with Crippen LogP contribution in [0.1, 0.15) is 73.6 Å². The maximum Gasteiger partial charge on any atom is 0.322 e. The number of nitrogens with one attached hydrogen (secondary N) is 4. The molecule has 4 aliphatic carbocycles. The van der Waals surface area contributed by atoms with Gasteiger partial charge in [-0.1, -0.05) is 44.0 Å². The molecule has 2 atom stereocenters. The van der Waals surface area contributed by atoms with Crippen LogP contribution in [-0.4, -0.2) is 49.4 Å². The molecular formula is C34H38Br2N4O5S. The molecule has 2 aromatic carbocycles. The zero-order chi connectivity index (χ0) is 32.5. The van der Waals surface area contributed by atoms with E-state index in [9.17, 15) is 14.4 Å². The molecule has 2 heterocycles. The van der Waals surface area contributed by atoms with Crippen LogP contribution < -0.4 is 21.3 Å². The van der Waals surface area contributed by atoms with Crippen LogP contribution in [0.25, 0.3) is 0 Å². The van der Waals surface area contributed by atoms with E-state index in [1.807, 2.05) is 12.1 Å². The molecule has 12 heteroatoms. The van der Waals surface area contributed by atoms with Crippen molar-refractivity contribution in [1.29, 1.82) is 0 Å². The average Bonchev–Trinajstić information content (AvgIpc) is 3.69. The lowest BCUT2D eigenvalue weighted by Crippen LogP contribution is -2.56. The van der Waals surface area contributed by atoms with Crippen LogP contribution in [0.3, 0.4) is 0 Å². The van der Waals surface area contributed by atoms with E-state index in [0.29, 0.717) is 11.2 Å². The Morgan fingerprint density at radius 3 is 1.50 bits per heavy atom. The molecule has 9 nitrogen and oxygen atoms in total. The van der Waals surface area contributed by atoms with Gasteiger partial charge in [-0.15, -0.1) is 0 Å². The summed E-state index contributed by atoms with van der Waals surface area (Å²) >= 11 is 12.3. The van der Waals surface area contributed by atoms with Gasteiger partial charge >= 0.3 is 6.03 Å². The summed E-state index contributed by atoms with van der Waals surface area (Å²) in [5.41, 5.74) is 2.34. The molecule has 244 valence electrons. The molecule has 2 saturated carbocycles. The molecule has 4 fully saturated rings. The lowest BCUT2D eigenvalue weighted by atomic mass is 9.61. The Morgan fingerprint density at radius 2 is 1.13 bits per heavy atom. The first kappa shape index (κ1) is 32.2. The highest BCUT2D eigenvalue weighted by Crippen LogP contribution is 2.60. The van der Waals surface area contributed by atoms with E-state index in [4.69, 9.17) is 21.7 Å². The van der Waals surface area contributed by atoms with Gasteiger partial charge in [0.1, 0.15) is 0 Å². The fraction of sp³-hybridized carbons (Fsp3) is 0.529. The number of methoxy groups -OCH3 is 2. The third-order valence-electron chi connectivity index (χ3n) is 11.8. The monoisotopic (exact) mass is 772 g/mol. The van der Waals surface area contributed by atoms with Crippen LogP contribution in [0.15, 0.2) is 45.3 Å². The zero-order valence-corrected chi connectivity index (χ0v) is 29.9. The number of amides is 4. The van der Waals surface area contributed by atoms with E-state index in [1.54, 1.807) is 14.2 Å². The highest BCUT2D eigenvalue weighted by atomic mass is 79.9. The molecule has 0 bridgehead atoms. The second-order valence-corrected chi connectivity index (χ2v) is 15.9. The van der Waals surface area contributed by atoms with E-state index >= 15 is 0 Å². The van der Waals surface area contributed by atoms with Crippen LogP contribution in [0.4, 0.5) is 4.79 Å². The van der Waals surface area contributed by atoms with Gasteiger partial charge in [0.15, 0.2) is 16.2 Å². The van der Waals surface area contributed by atoms with Crippen molar-refractivity contribution in [3.05, 3.63) is 67.6 Å². The van der Waals surface area contributed by atoms with Crippen LogP contribution >= 0.6 is 44.1 Å². The zero-order valence-electron chi connectivity index (χ0n) is 25.9. The van der Waals surface area contributed by atoms with Crippen molar-refractivity contribution in [2.24, 2.45) is 10.8 Å². The number of ether oxygens (including phenoxy) is 2. The first-order valence-corrected chi connectivity index (χ1v) is 17.9. The third-order valence-corrected chi connectivity index (χ3v) is 13.0. The van der Waals surface area contributed by atoms with Gasteiger partial charge in [0, 0.05) is 34.0 Å². The smallest absolute Gasteiger partial charge is 0.322 e. The fourth-order valence-corrected chi connectivity index (χ4v) is 10.5. The second kappa shape index (κ2) is 11.6. The van der Waals surface area contributed by atoms with Gasteiger partial charge in [-0.2, -0.15) is 0 Å². The first-order chi connectivity index (χ1) is 22.0. The summed E-state index contributed by atoms with van der Waals surface area (Å²) < 4.78 is 12.9. The lowest BCUT2D eigenvalue weighted by molar-refractivity contribution is -0.132. The van der Waals surface area contributed by atoms with Crippen molar-refractivity contribution in [2.45, 2.75) is 87.5 Å². The Bertz CT molecular complexity index is 1520. The number of imide groups is 1. The molecule has 8 rings (SSSR count).